The topological polar surface area (TPSA) is 70.1 Å². The normalized spacial score (nSPS) is 11.1. The predicted octanol–water partition coefficient (Wildman–Crippen LogP) is 5.66. The van der Waals surface area contributed by atoms with Gasteiger partial charge in [0, 0.05) is 5.56 Å². The quantitative estimate of drug-likeness (QED) is 0.287. The number of fused-ring (bicyclic) bond motifs is 1. The second-order valence-electron chi connectivity index (χ2n) is 7.42. The Balaban J connectivity index is 1.24. The fourth-order valence-electron chi connectivity index (χ4n) is 3.55. The van der Waals surface area contributed by atoms with Crippen molar-refractivity contribution >= 4 is 22.9 Å². The first-order valence-corrected chi connectivity index (χ1v) is 10.3. The fraction of sp³-hybridized carbons (Fsp3) is 0. The SMILES string of the molecule is O=C(NN=Cc1ccc(-c2ccccc2)cc1)c1cc(-c2ccc3ccccc3c2)n[nH]1. The summed E-state index contributed by atoms with van der Waals surface area (Å²) in [4.78, 5) is 12.4. The average molecular weight is 416 g/mol. The van der Waals surface area contributed by atoms with Crippen LogP contribution in [0.5, 0.6) is 0 Å². The van der Waals surface area contributed by atoms with Gasteiger partial charge in [0.15, 0.2) is 0 Å². The summed E-state index contributed by atoms with van der Waals surface area (Å²) in [6.07, 6.45) is 1.62. The molecule has 0 atom stereocenters. The number of nitrogens with one attached hydrogen (secondary N) is 2. The number of hydrogen-bond acceptors (Lipinski definition) is 3. The molecule has 2 N–H and O–H groups in total. The molecule has 0 fully saturated rings. The highest BCUT2D eigenvalue weighted by Crippen LogP contribution is 2.23. The molecule has 0 radical (unpaired) electrons. The molecule has 0 unspecified atom stereocenters. The molecule has 0 saturated heterocycles. The van der Waals surface area contributed by atoms with E-state index < -0.39 is 0 Å². The first kappa shape index (κ1) is 19.5. The molecule has 32 heavy (non-hydrogen) atoms. The highest BCUT2D eigenvalue weighted by Gasteiger charge is 2.10. The van der Waals surface area contributed by atoms with Gasteiger partial charge in [0.1, 0.15) is 5.69 Å². The molecule has 5 aromatic rings. The van der Waals surface area contributed by atoms with Gasteiger partial charge in [-0.3, -0.25) is 9.89 Å². The van der Waals surface area contributed by atoms with E-state index in [0.717, 1.165) is 33.0 Å². The van der Waals surface area contributed by atoms with Crippen LogP contribution < -0.4 is 5.43 Å². The minimum absolute atomic E-state index is 0.346. The third-order valence-corrected chi connectivity index (χ3v) is 5.27. The molecular weight excluding hydrogens is 396 g/mol. The summed E-state index contributed by atoms with van der Waals surface area (Å²) in [5.41, 5.74) is 7.74. The van der Waals surface area contributed by atoms with Gasteiger partial charge >= 0.3 is 0 Å². The second kappa shape index (κ2) is 8.70. The van der Waals surface area contributed by atoms with Gasteiger partial charge in [-0.25, -0.2) is 5.43 Å². The second-order valence-corrected chi connectivity index (χ2v) is 7.42. The Labute approximate surface area is 185 Å². The van der Waals surface area contributed by atoms with E-state index in [1.165, 1.54) is 0 Å². The Morgan fingerprint density at radius 3 is 2.25 bits per heavy atom. The van der Waals surface area contributed by atoms with Crippen molar-refractivity contribution in [2.24, 2.45) is 5.10 Å². The van der Waals surface area contributed by atoms with Crippen LogP contribution in [0.2, 0.25) is 0 Å². The van der Waals surface area contributed by atoms with E-state index in [9.17, 15) is 4.79 Å². The maximum atomic E-state index is 12.4. The molecule has 4 aromatic carbocycles. The number of aromatic nitrogens is 2. The number of rotatable bonds is 5. The Kier molecular flexibility index (Phi) is 5.29. The lowest BCUT2D eigenvalue weighted by atomic mass is 10.0. The van der Waals surface area contributed by atoms with Gasteiger partial charge in [0.05, 0.1) is 11.9 Å². The molecule has 5 nitrogen and oxygen atoms in total. The first-order chi connectivity index (χ1) is 15.8. The Morgan fingerprint density at radius 1 is 0.750 bits per heavy atom. The monoisotopic (exact) mass is 416 g/mol. The Hall–Kier alpha value is -4.51. The molecule has 1 heterocycles. The summed E-state index contributed by atoms with van der Waals surface area (Å²) in [7, 11) is 0. The van der Waals surface area contributed by atoms with Crippen molar-refractivity contribution in [1.29, 1.82) is 0 Å². The van der Waals surface area contributed by atoms with E-state index in [4.69, 9.17) is 0 Å². The van der Waals surface area contributed by atoms with Crippen molar-refractivity contribution < 1.29 is 4.79 Å². The lowest BCUT2D eigenvalue weighted by molar-refractivity contribution is 0.0950. The third-order valence-electron chi connectivity index (χ3n) is 5.27. The van der Waals surface area contributed by atoms with Crippen LogP contribution in [0.15, 0.2) is 108 Å². The van der Waals surface area contributed by atoms with E-state index in [-0.39, 0.29) is 5.91 Å². The molecule has 0 saturated carbocycles. The minimum Gasteiger partial charge on any atom is -0.272 e. The molecular formula is C27H20N4O. The third kappa shape index (κ3) is 4.18. The summed E-state index contributed by atoms with van der Waals surface area (Å²) >= 11 is 0. The largest absolute Gasteiger partial charge is 0.289 e. The maximum Gasteiger partial charge on any atom is 0.289 e. The lowest BCUT2D eigenvalue weighted by Gasteiger charge is -2.01. The van der Waals surface area contributed by atoms with Crippen molar-refractivity contribution in [2.45, 2.75) is 0 Å². The van der Waals surface area contributed by atoms with E-state index >= 15 is 0 Å². The molecule has 0 aliphatic heterocycles. The number of amides is 1. The van der Waals surface area contributed by atoms with Crippen LogP contribution in [0.25, 0.3) is 33.2 Å². The summed E-state index contributed by atoms with van der Waals surface area (Å²) in [5.74, 6) is -0.346. The zero-order chi connectivity index (χ0) is 21.8. The summed E-state index contributed by atoms with van der Waals surface area (Å²) in [6.45, 7) is 0. The van der Waals surface area contributed by atoms with Crippen LogP contribution in [0, 0.1) is 0 Å². The lowest BCUT2D eigenvalue weighted by Crippen LogP contribution is -2.17. The predicted molar refractivity (Wildman–Crippen MR) is 128 cm³/mol. The standard InChI is InChI=1S/C27H20N4O/c32-27(31-28-18-19-10-12-22(13-11-19)20-6-2-1-3-7-20)26-17-25(29-30-26)24-15-14-21-8-4-5-9-23(21)16-24/h1-18H,(H,29,30)(H,31,32). The van der Waals surface area contributed by atoms with E-state index in [1.807, 2.05) is 66.7 Å². The fourth-order valence-corrected chi connectivity index (χ4v) is 3.55. The van der Waals surface area contributed by atoms with Crippen LogP contribution in [0.3, 0.4) is 0 Å². The number of aromatic amines is 1. The number of hydrogen-bond donors (Lipinski definition) is 2. The van der Waals surface area contributed by atoms with Crippen LogP contribution in [-0.2, 0) is 0 Å². The molecule has 1 amide bonds. The Morgan fingerprint density at radius 2 is 1.44 bits per heavy atom. The number of carbonyl (C=O) groups is 1. The minimum atomic E-state index is -0.346. The van der Waals surface area contributed by atoms with Gasteiger partial charge in [0.25, 0.3) is 5.91 Å². The van der Waals surface area contributed by atoms with Crippen LogP contribution >= 0.6 is 0 Å². The Bertz CT molecular complexity index is 1400. The van der Waals surface area contributed by atoms with Gasteiger partial charge in [0.2, 0.25) is 0 Å². The van der Waals surface area contributed by atoms with Crippen molar-refractivity contribution in [3.63, 3.8) is 0 Å². The highest BCUT2D eigenvalue weighted by atomic mass is 16.2. The molecule has 5 rings (SSSR count). The molecule has 154 valence electrons. The number of benzene rings is 4. The van der Waals surface area contributed by atoms with Gasteiger partial charge in [-0.05, 0) is 39.6 Å². The highest BCUT2D eigenvalue weighted by molar-refractivity contribution is 5.94. The van der Waals surface area contributed by atoms with Crippen molar-refractivity contribution in [2.75, 3.05) is 0 Å². The number of nitrogens with zero attached hydrogens (tertiary/aromatic N) is 2. The van der Waals surface area contributed by atoms with E-state index in [0.29, 0.717) is 11.4 Å². The molecule has 0 bridgehead atoms. The van der Waals surface area contributed by atoms with Crippen molar-refractivity contribution in [1.82, 2.24) is 15.6 Å². The van der Waals surface area contributed by atoms with Gasteiger partial charge < -0.3 is 0 Å². The molecule has 0 aliphatic carbocycles. The number of hydrazone groups is 1. The smallest absolute Gasteiger partial charge is 0.272 e. The van der Waals surface area contributed by atoms with Gasteiger partial charge in [-0.1, -0.05) is 91.0 Å². The zero-order valence-electron chi connectivity index (χ0n) is 17.2. The van der Waals surface area contributed by atoms with Crippen molar-refractivity contribution in [3.05, 3.63) is 114 Å². The summed E-state index contributed by atoms with van der Waals surface area (Å²) in [5, 5.41) is 13.4. The van der Waals surface area contributed by atoms with Crippen LogP contribution in [-0.4, -0.2) is 22.3 Å². The maximum absolute atomic E-state index is 12.4. The molecule has 0 spiro atoms. The number of carbonyl (C=O) groups excluding carboxylic acids is 1. The van der Waals surface area contributed by atoms with Crippen LogP contribution in [0.1, 0.15) is 16.1 Å². The van der Waals surface area contributed by atoms with Crippen molar-refractivity contribution in [3.8, 4) is 22.4 Å². The van der Waals surface area contributed by atoms with E-state index in [1.54, 1.807) is 12.3 Å². The molecule has 5 heteroatoms. The van der Waals surface area contributed by atoms with Gasteiger partial charge in [-0.2, -0.15) is 10.2 Å². The van der Waals surface area contributed by atoms with Gasteiger partial charge in [-0.15, -0.1) is 0 Å². The first-order valence-electron chi connectivity index (χ1n) is 10.3. The van der Waals surface area contributed by atoms with E-state index in [2.05, 4.69) is 51.1 Å². The summed E-state index contributed by atoms with van der Waals surface area (Å²) < 4.78 is 0. The summed E-state index contributed by atoms with van der Waals surface area (Å²) in [6, 6.07) is 34.1. The number of H-pyrrole nitrogens is 1. The van der Waals surface area contributed by atoms with Crippen LogP contribution in [0.4, 0.5) is 0 Å². The zero-order valence-corrected chi connectivity index (χ0v) is 17.2. The molecule has 1 aromatic heterocycles. The molecule has 0 aliphatic rings. The average Bonchev–Trinajstić information content (AvgIpc) is 3.35.